The molecule has 212 valence electrons. The third kappa shape index (κ3) is 5.34. The number of aromatic amines is 2. The van der Waals surface area contributed by atoms with Gasteiger partial charge < -0.3 is 14.9 Å². The first-order valence-electron chi connectivity index (χ1n) is 13.1. The van der Waals surface area contributed by atoms with E-state index in [0.717, 1.165) is 0 Å². The van der Waals surface area contributed by atoms with Crippen LogP contribution in [0.3, 0.4) is 0 Å². The lowest BCUT2D eigenvalue weighted by atomic mass is 10.0. The molecular formula is C32H22N4O7. The van der Waals surface area contributed by atoms with Crippen LogP contribution in [0.25, 0.3) is 21.5 Å². The van der Waals surface area contributed by atoms with Gasteiger partial charge in [-0.1, -0.05) is 48.5 Å². The Bertz CT molecular complexity index is 2030. The Labute approximate surface area is 242 Å². The standard InChI is InChI=1S/C32H22N4O7/c37-29-21-7-3-1-5-19(21)25(33-35-29)15-17-9-11-27(23(13-17)31(39)40)43-28-12-10-18(14-24(28)32(41)42)16-26-20-6-2-4-8-22(20)30(38)36-34-26/h1-14H,15-16H2,(H,35,37)(H,36,38)(H,39,40)(H,41,42). The molecule has 11 nitrogen and oxygen atoms in total. The number of rotatable bonds is 8. The summed E-state index contributed by atoms with van der Waals surface area (Å²) in [6, 6.07) is 23.1. The fourth-order valence-corrected chi connectivity index (χ4v) is 5.00. The van der Waals surface area contributed by atoms with E-state index >= 15 is 0 Å². The number of aromatic carboxylic acids is 2. The highest BCUT2D eigenvalue weighted by Crippen LogP contribution is 2.31. The lowest BCUT2D eigenvalue weighted by Gasteiger charge is -2.14. The van der Waals surface area contributed by atoms with E-state index in [-0.39, 0.29) is 46.6 Å². The van der Waals surface area contributed by atoms with Crippen molar-refractivity contribution in [3.05, 3.63) is 139 Å². The SMILES string of the molecule is O=C(O)c1cc(Cc2n[nH]c(=O)c3ccccc23)ccc1Oc1ccc(Cc2n[nH]c(=O)c3ccccc23)cc1C(=O)O. The summed E-state index contributed by atoms with van der Waals surface area (Å²) >= 11 is 0. The summed E-state index contributed by atoms with van der Waals surface area (Å²) in [6.45, 7) is 0. The number of ether oxygens (including phenoxy) is 1. The fourth-order valence-electron chi connectivity index (χ4n) is 5.00. The van der Waals surface area contributed by atoms with Crippen LogP contribution in [0.2, 0.25) is 0 Å². The van der Waals surface area contributed by atoms with Crippen molar-refractivity contribution in [2.75, 3.05) is 0 Å². The van der Waals surface area contributed by atoms with Crippen molar-refractivity contribution >= 4 is 33.5 Å². The second kappa shape index (κ2) is 11.1. The molecule has 4 N–H and O–H groups in total. The molecule has 6 rings (SSSR count). The van der Waals surface area contributed by atoms with Crippen molar-refractivity contribution in [3.63, 3.8) is 0 Å². The van der Waals surface area contributed by atoms with E-state index in [2.05, 4.69) is 20.4 Å². The van der Waals surface area contributed by atoms with Gasteiger partial charge >= 0.3 is 11.9 Å². The first kappa shape index (κ1) is 27.1. The number of nitrogens with zero attached hydrogens (tertiary/aromatic N) is 2. The van der Waals surface area contributed by atoms with E-state index in [4.69, 9.17) is 4.74 Å². The van der Waals surface area contributed by atoms with Crippen LogP contribution in [-0.2, 0) is 12.8 Å². The predicted octanol–water partition coefficient (Wildman–Crippen LogP) is 4.53. The van der Waals surface area contributed by atoms with Crippen LogP contribution in [0, 0.1) is 0 Å². The van der Waals surface area contributed by atoms with Gasteiger partial charge in [-0.25, -0.2) is 19.8 Å². The molecule has 4 aromatic carbocycles. The first-order chi connectivity index (χ1) is 20.8. The average molecular weight is 575 g/mol. The summed E-state index contributed by atoms with van der Waals surface area (Å²) < 4.78 is 5.86. The third-order valence-electron chi connectivity index (χ3n) is 7.06. The second-order valence-corrected chi connectivity index (χ2v) is 9.82. The van der Waals surface area contributed by atoms with Crippen molar-refractivity contribution in [2.45, 2.75) is 12.8 Å². The number of benzene rings is 4. The summed E-state index contributed by atoms with van der Waals surface area (Å²) in [7, 11) is 0. The lowest BCUT2D eigenvalue weighted by Crippen LogP contribution is -2.11. The summed E-state index contributed by atoms with van der Waals surface area (Å²) in [5, 5.41) is 35.4. The highest BCUT2D eigenvalue weighted by atomic mass is 16.5. The maximum atomic E-state index is 12.2. The Hall–Kier alpha value is -6.10. The molecule has 0 atom stereocenters. The topological polar surface area (TPSA) is 175 Å². The molecular weight excluding hydrogens is 552 g/mol. The fraction of sp³-hybridized carbons (Fsp3) is 0.0625. The van der Waals surface area contributed by atoms with E-state index in [1.54, 1.807) is 60.7 Å². The Morgan fingerprint density at radius 2 is 1.00 bits per heavy atom. The van der Waals surface area contributed by atoms with Crippen LogP contribution in [0.5, 0.6) is 11.5 Å². The van der Waals surface area contributed by atoms with Crippen molar-refractivity contribution in [3.8, 4) is 11.5 Å². The maximum absolute atomic E-state index is 12.2. The molecule has 43 heavy (non-hydrogen) atoms. The molecule has 0 radical (unpaired) electrons. The van der Waals surface area contributed by atoms with Gasteiger partial charge in [0.05, 0.1) is 22.2 Å². The molecule has 0 saturated carbocycles. The molecule has 0 fully saturated rings. The molecule has 6 aromatic rings. The smallest absolute Gasteiger partial charge is 0.339 e. The molecule has 0 saturated heterocycles. The average Bonchev–Trinajstić information content (AvgIpc) is 3.01. The molecule has 0 amide bonds. The number of aromatic nitrogens is 4. The number of carbonyl (C=O) groups is 2. The Balaban J connectivity index is 1.31. The minimum absolute atomic E-state index is 0.0425. The predicted molar refractivity (Wildman–Crippen MR) is 157 cm³/mol. The van der Waals surface area contributed by atoms with Gasteiger partial charge in [0.1, 0.15) is 22.6 Å². The number of carboxylic acid groups (broad SMARTS) is 2. The zero-order chi connectivity index (χ0) is 30.1. The van der Waals surface area contributed by atoms with Crippen LogP contribution in [0.15, 0.2) is 94.5 Å². The zero-order valence-electron chi connectivity index (χ0n) is 22.3. The number of fused-ring (bicyclic) bond motifs is 2. The molecule has 2 aromatic heterocycles. The van der Waals surface area contributed by atoms with Crippen LogP contribution in [0.4, 0.5) is 0 Å². The van der Waals surface area contributed by atoms with Crippen LogP contribution in [-0.4, -0.2) is 42.5 Å². The molecule has 0 unspecified atom stereocenters. The Morgan fingerprint density at radius 3 is 1.40 bits per heavy atom. The van der Waals surface area contributed by atoms with Gasteiger partial charge in [0.15, 0.2) is 0 Å². The summed E-state index contributed by atoms with van der Waals surface area (Å²) in [5.74, 6) is -2.61. The van der Waals surface area contributed by atoms with E-state index in [1.807, 2.05) is 0 Å². The lowest BCUT2D eigenvalue weighted by molar-refractivity contribution is 0.0687. The maximum Gasteiger partial charge on any atom is 0.339 e. The largest absolute Gasteiger partial charge is 0.478 e. The quantitative estimate of drug-likeness (QED) is 0.203. The zero-order valence-corrected chi connectivity index (χ0v) is 22.3. The number of H-pyrrole nitrogens is 2. The molecule has 11 heteroatoms. The van der Waals surface area contributed by atoms with Crippen molar-refractivity contribution in [1.29, 1.82) is 0 Å². The van der Waals surface area contributed by atoms with Gasteiger partial charge in [0.25, 0.3) is 11.1 Å². The summed E-state index contributed by atoms with van der Waals surface area (Å²) in [5.41, 5.74) is 1.34. The van der Waals surface area contributed by atoms with E-state index in [1.165, 1.54) is 24.3 Å². The van der Waals surface area contributed by atoms with E-state index < -0.39 is 11.9 Å². The Kier molecular flexibility index (Phi) is 6.96. The van der Waals surface area contributed by atoms with Crippen molar-refractivity contribution in [2.24, 2.45) is 0 Å². The molecule has 0 aliphatic heterocycles. The van der Waals surface area contributed by atoms with Gasteiger partial charge in [-0.05, 0) is 47.5 Å². The van der Waals surface area contributed by atoms with Gasteiger partial charge in [-0.15, -0.1) is 0 Å². The molecule has 0 bridgehead atoms. The monoisotopic (exact) mass is 574 g/mol. The van der Waals surface area contributed by atoms with Crippen molar-refractivity contribution < 1.29 is 24.5 Å². The third-order valence-corrected chi connectivity index (χ3v) is 7.06. The van der Waals surface area contributed by atoms with Crippen molar-refractivity contribution in [1.82, 2.24) is 20.4 Å². The first-order valence-corrected chi connectivity index (χ1v) is 13.1. The second-order valence-electron chi connectivity index (χ2n) is 9.82. The highest BCUT2D eigenvalue weighted by molar-refractivity contribution is 5.93. The van der Waals surface area contributed by atoms with E-state index in [0.29, 0.717) is 44.1 Å². The number of hydrogen-bond acceptors (Lipinski definition) is 7. The highest BCUT2D eigenvalue weighted by Gasteiger charge is 2.19. The summed E-state index contributed by atoms with van der Waals surface area (Å²) in [6.07, 6.45) is 0.473. The van der Waals surface area contributed by atoms with Gasteiger partial charge in [-0.3, -0.25) is 9.59 Å². The molecule has 0 aliphatic rings. The normalized spacial score (nSPS) is 11.1. The molecule has 2 heterocycles. The molecule has 0 aliphatic carbocycles. The number of hydrogen-bond donors (Lipinski definition) is 4. The van der Waals surface area contributed by atoms with E-state index in [9.17, 15) is 29.4 Å². The van der Waals surface area contributed by atoms with Crippen LogP contribution in [0.1, 0.15) is 43.2 Å². The van der Waals surface area contributed by atoms with Gasteiger partial charge in [0, 0.05) is 23.6 Å². The number of nitrogens with one attached hydrogen (secondary N) is 2. The molecule has 0 spiro atoms. The van der Waals surface area contributed by atoms with Gasteiger partial charge in [0.2, 0.25) is 0 Å². The van der Waals surface area contributed by atoms with Crippen LogP contribution < -0.4 is 15.9 Å². The summed E-state index contributed by atoms with van der Waals surface area (Å²) in [4.78, 5) is 48.6. The Morgan fingerprint density at radius 1 is 0.605 bits per heavy atom. The minimum atomic E-state index is -1.26. The van der Waals surface area contributed by atoms with Gasteiger partial charge in [-0.2, -0.15) is 10.2 Å². The minimum Gasteiger partial charge on any atom is -0.478 e. The van der Waals surface area contributed by atoms with Crippen LogP contribution >= 0.6 is 0 Å². The number of carboxylic acids is 2.